The van der Waals surface area contributed by atoms with Gasteiger partial charge in [0, 0.05) is 25.2 Å². The predicted octanol–water partition coefficient (Wildman–Crippen LogP) is -1.43. The predicted molar refractivity (Wildman–Crippen MR) is 65.8 cm³/mol. The molecule has 0 saturated heterocycles. The van der Waals surface area contributed by atoms with Gasteiger partial charge in [-0.15, -0.1) is 0 Å². The van der Waals surface area contributed by atoms with Crippen LogP contribution in [0.3, 0.4) is 0 Å². The van der Waals surface area contributed by atoms with Gasteiger partial charge in [-0.1, -0.05) is 0 Å². The van der Waals surface area contributed by atoms with E-state index in [2.05, 4.69) is 15.0 Å². The smallest absolute Gasteiger partial charge is 0.330 e. The van der Waals surface area contributed by atoms with Crippen molar-refractivity contribution in [2.45, 2.75) is 12.5 Å². The third kappa shape index (κ3) is 1.64. The largest absolute Gasteiger partial charge is 0.396 e. The number of imidazole rings is 1. The lowest BCUT2D eigenvalue weighted by Gasteiger charge is -2.43. The molecule has 0 bridgehead atoms. The lowest BCUT2D eigenvalue weighted by molar-refractivity contribution is -0.00697. The summed E-state index contributed by atoms with van der Waals surface area (Å²) >= 11 is 0. The van der Waals surface area contributed by atoms with E-state index in [1.54, 1.807) is 0 Å². The van der Waals surface area contributed by atoms with E-state index in [4.69, 9.17) is 5.11 Å². The zero-order valence-corrected chi connectivity index (χ0v) is 10.0. The Balaban J connectivity index is 2.14. The Kier molecular flexibility index (Phi) is 2.76. The summed E-state index contributed by atoms with van der Waals surface area (Å²) in [5.74, 6) is -0.226. The van der Waals surface area contributed by atoms with Crippen LogP contribution < -0.4 is 11.2 Å². The highest BCUT2D eigenvalue weighted by atomic mass is 16.3. The number of hydrogen-bond donors (Lipinski definition) is 4. The average Bonchev–Trinajstić information content (AvgIpc) is 2.82. The lowest BCUT2D eigenvalue weighted by atomic mass is 9.70. The van der Waals surface area contributed by atoms with E-state index in [0.717, 1.165) is 0 Å². The fraction of sp³-hybridized carbons (Fsp3) is 0.545. The van der Waals surface area contributed by atoms with Crippen LogP contribution in [0.25, 0.3) is 11.2 Å². The average molecular weight is 266 g/mol. The minimum atomic E-state index is -0.538. The number of fused-ring (bicyclic) bond motifs is 1. The van der Waals surface area contributed by atoms with Crippen molar-refractivity contribution in [3.8, 4) is 0 Å². The topological polar surface area (TPSA) is 124 Å². The Hall–Kier alpha value is -1.93. The molecule has 102 valence electrons. The highest BCUT2D eigenvalue weighted by Gasteiger charge is 2.42. The standard InChI is InChI=1S/C11H14N4O4/c16-2-5-1-7(6(5)3-17)15-9-8(12-4-13-9)10(18)14-11(15)19/h4-7,16-17H,1-3H2,(H,12,13)(H,14,18,19)/t5-,6-,7?/m1/s1. The number of rotatable bonds is 3. The van der Waals surface area contributed by atoms with Crippen molar-refractivity contribution in [1.82, 2.24) is 19.5 Å². The van der Waals surface area contributed by atoms with Gasteiger partial charge in [0.05, 0.1) is 6.33 Å². The number of aromatic amines is 2. The van der Waals surface area contributed by atoms with Crippen molar-refractivity contribution in [3.05, 3.63) is 27.2 Å². The summed E-state index contributed by atoms with van der Waals surface area (Å²) in [7, 11) is 0. The van der Waals surface area contributed by atoms with Crippen LogP contribution in [-0.2, 0) is 0 Å². The molecule has 8 heteroatoms. The molecule has 4 N–H and O–H groups in total. The normalized spacial score (nSPS) is 26.5. The van der Waals surface area contributed by atoms with Crippen LogP contribution in [-0.4, -0.2) is 42.9 Å². The molecule has 3 atom stereocenters. The fourth-order valence-corrected chi connectivity index (χ4v) is 2.82. The van der Waals surface area contributed by atoms with Gasteiger partial charge in [0.15, 0.2) is 5.65 Å². The minimum absolute atomic E-state index is 0.0243. The first-order chi connectivity index (χ1) is 9.17. The van der Waals surface area contributed by atoms with Crippen LogP contribution in [0.15, 0.2) is 15.9 Å². The molecule has 0 radical (unpaired) electrons. The zero-order chi connectivity index (χ0) is 13.6. The van der Waals surface area contributed by atoms with E-state index in [1.165, 1.54) is 10.9 Å². The van der Waals surface area contributed by atoms with Crippen molar-refractivity contribution >= 4 is 11.2 Å². The molecule has 0 aliphatic heterocycles. The molecule has 8 nitrogen and oxygen atoms in total. The van der Waals surface area contributed by atoms with Gasteiger partial charge in [-0.25, -0.2) is 9.78 Å². The first kappa shape index (κ1) is 12.1. The van der Waals surface area contributed by atoms with Crippen molar-refractivity contribution in [1.29, 1.82) is 0 Å². The highest BCUT2D eigenvalue weighted by molar-refractivity contribution is 5.68. The first-order valence-electron chi connectivity index (χ1n) is 6.07. The van der Waals surface area contributed by atoms with Gasteiger partial charge in [0.1, 0.15) is 5.52 Å². The summed E-state index contributed by atoms with van der Waals surface area (Å²) < 4.78 is 1.39. The maximum absolute atomic E-state index is 12.0. The minimum Gasteiger partial charge on any atom is -0.396 e. The third-order valence-electron chi connectivity index (χ3n) is 3.93. The van der Waals surface area contributed by atoms with Crippen LogP contribution in [0.2, 0.25) is 0 Å². The molecular formula is C11H14N4O4. The summed E-state index contributed by atoms with van der Waals surface area (Å²) in [4.78, 5) is 32.5. The molecular weight excluding hydrogens is 252 g/mol. The fourth-order valence-electron chi connectivity index (χ4n) is 2.82. The maximum Gasteiger partial charge on any atom is 0.330 e. The maximum atomic E-state index is 12.0. The SMILES string of the molecule is O=c1[nH]c(=O)n(C2C[C@H](CO)[C@H]2CO)c2nc[nH]c12. The van der Waals surface area contributed by atoms with Gasteiger partial charge in [0.2, 0.25) is 0 Å². The van der Waals surface area contributed by atoms with Gasteiger partial charge >= 0.3 is 5.69 Å². The Bertz CT molecular complexity index is 715. The van der Waals surface area contributed by atoms with E-state index >= 15 is 0 Å². The Morgan fingerprint density at radius 1 is 1.37 bits per heavy atom. The zero-order valence-electron chi connectivity index (χ0n) is 10.0. The number of hydrogen-bond acceptors (Lipinski definition) is 5. The Labute approximate surface area is 106 Å². The molecule has 0 aromatic carbocycles. The molecule has 2 aromatic rings. The number of aliphatic hydroxyl groups is 2. The number of aromatic nitrogens is 4. The molecule has 1 unspecified atom stereocenters. The summed E-state index contributed by atoms with van der Waals surface area (Å²) in [6.45, 7) is -0.142. The van der Waals surface area contributed by atoms with Crippen LogP contribution in [0.5, 0.6) is 0 Å². The van der Waals surface area contributed by atoms with Crippen molar-refractivity contribution in [2.24, 2.45) is 11.8 Å². The van der Waals surface area contributed by atoms with Gasteiger partial charge in [0.25, 0.3) is 5.56 Å². The third-order valence-corrected chi connectivity index (χ3v) is 3.93. The van der Waals surface area contributed by atoms with E-state index in [-0.39, 0.29) is 42.3 Å². The molecule has 1 saturated carbocycles. The highest BCUT2D eigenvalue weighted by Crippen LogP contribution is 2.43. The summed E-state index contributed by atoms with van der Waals surface area (Å²) in [5, 5.41) is 18.5. The van der Waals surface area contributed by atoms with E-state index in [0.29, 0.717) is 6.42 Å². The Morgan fingerprint density at radius 2 is 2.16 bits per heavy atom. The second-order valence-electron chi connectivity index (χ2n) is 4.82. The summed E-state index contributed by atoms with van der Waals surface area (Å²) in [6.07, 6.45) is 1.93. The van der Waals surface area contributed by atoms with Crippen LogP contribution in [0.4, 0.5) is 0 Å². The molecule has 2 aromatic heterocycles. The molecule has 3 rings (SSSR count). The molecule has 1 aliphatic rings. The van der Waals surface area contributed by atoms with Crippen molar-refractivity contribution < 1.29 is 10.2 Å². The Morgan fingerprint density at radius 3 is 2.84 bits per heavy atom. The number of aliphatic hydroxyl groups excluding tert-OH is 2. The first-order valence-corrected chi connectivity index (χ1v) is 6.07. The number of H-pyrrole nitrogens is 2. The van der Waals surface area contributed by atoms with Crippen molar-refractivity contribution in [3.63, 3.8) is 0 Å². The second kappa shape index (κ2) is 4.32. The number of nitrogens with one attached hydrogen (secondary N) is 2. The molecule has 1 fully saturated rings. The van der Waals surface area contributed by atoms with Crippen molar-refractivity contribution in [2.75, 3.05) is 13.2 Å². The summed E-state index contributed by atoms with van der Waals surface area (Å²) in [6, 6.07) is -0.253. The lowest BCUT2D eigenvalue weighted by Crippen LogP contribution is -2.47. The molecule has 2 heterocycles. The second-order valence-corrected chi connectivity index (χ2v) is 4.82. The van der Waals surface area contributed by atoms with Crippen LogP contribution in [0.1, 0.15) is 12.5 Å². The number of nitrogens with zero attached hydrogens (tertiary/aromatic N) is 2. The molecule has 0 spiro atoms. The molecule has 19 heavy (non-hydrogen) atoms. The van der Waals surface area contributed by atoms with Gasteiger partial charge < -0.3 is 15.2 Å². The van der Waals surface area contributed by atoms with Gasteiger partial charge in [-0.05, 0) is 12.3 Å². The monoisotopic (exact) mass is 266 g/mol. The van der Waals surface area contributed by atoms with Gasteiger partial charge in [-0.3, -0.25) is 14.3 Å². The van der Waals surface area contributed by atoms with E-state index in [9.17, 15) is 14.7 Å². The van der Waals surface area contributed by atoms with Crippen LogP contribution in [0, 0.1) is 11.8 Å². The van der Waals surface area contributed by atoms with Gasteiger partial charge in [-0.2, -0.15) is 0 Å². The van der Waals surface area contributed by atoms with Crippen LogP contribution >= 0.6 is 0 Å². The van der Waals surface area contributed by atoms with E-state index in [1.807, 2.05) is 0 Å². The quantitative estimate of drug-likeness (QED) is 0.542. The van der Waals surface area contributed by atoms with E-state index < -0.39 is 11.2 Å². The molecule has 0 amide bonds. The summed E-state index contributed by atoms with van der Waals surface area (Å²) in [5.41, 5.74) is -0.519. The molecule has 1 aliphatic carbocycles.